The van der Waals surface area contributed by atoms with Crippen LogP contribution < -0.4 is 5.32 Å². The molecular weight excluding hydrogens is 365 g/mol. The first-order chi connectivity index (χ1) is 13.2. The lowest BCUT2D eigenvalue weighted by atomic mass is 10.2. The number of nitrogens with zero attached hydrogens (tertiary/aromatic N) is 4. The molecule has 27 heavy (non-hydrogen) atoms. The Kier molecular flexibility index (Phi) is 4.71. The van der Waals surface area contributed by atoms with Crippen molar-refractivity contribution in [2.24, 2.45) is 0 Å². The minimum atomic E-state index is -0.299. The third kappa shape index (κ3) is 3.75. The second-order valence-corrected chi connectivity index (χ2v) is 6.60. The van der Waals surface area contributed by atoms with E-state index in [0.717, 1.165) is 5.56 Å². The summed E-state index contributed by atoms with van der Waals surface area (Å²) in [6, 6.07) is 15.1. The molecular formula is C19H14FN5OS. The van der Waals surface area contributed by atoms with E-state index >= 15 is 0 Å². The summed E-state index contributed by atoms with van der Waals surface area (Å²) in [6.07, 6.45) is 1.64. The van der Waals surface area contributed by atoms with Crippen LogP contribution in [0.5, 0.6) is 0 Å². The van der Waals surface area contributed by atoms with E-state index in [9.17, 15) is 9.18 Å². The first kappa shape index (κ1) is 17.0. The molecule has 3 aromatic heterocycles. The SMILES string of the molecule is O=C(c1cccs1)n1nc(-c2ccccn2)nc1NCc1ccc(F)cc1. The number of pyridine rings is 1. The first-order valence-corrected chi connectivity index (χ1v) is 9.03. The lowest BCUT2D eigenvalue weighted by Gasteiger charge is -2.06. The summed E-state index contributed by atoms with van der Waals surface area (Å²) in [5.41, 5.74) is 1.42. The van der Waals surface area contributed by atoms with Crippen molar-refractivity contribution in [2.45, 2.75) is 6.54 Å². The quantitative estimate of drug-likeness (QED) is 0.570. The predicted octanol–water partition coefficient (Wildman–Crippen LogP) is 3.84. The van der Waals surface area contributed by atoms with E-state index in [2.05, 4.69) is 20.4 Å². The fourth-order valence-electron chi connectivity index (χ4n) is 2.46. The molecule has 0 unspecified atom stereocenters. The number of halogens is 1. The zero-order chi connectivity index (χ0) is 18.6. The number of hydrogen-bond donors (Lipinski definition) is 1. The molecule has 0 aliphatic heterocycles. The fourth-order valence-corrected chi connectivity index (χ4v) is 3.11. The third-order valence-electron chi connectivity index (χ3n) is 3.79. The maximum absolute atomic E-state index is 13.1. The molecule has 6 nitrogen and oxygen atoms in total. The van der Waals surface area contributed by atoms with Gasteiger partial charge < -0.3 is 5.32 Å². The number of aromatic nitrogens is 4. The Hall–Kier alpha value is -3.39. The van der Waals surface area contributed by atoms with Gasteiger partial charge in [-0.15, -0.1) is 16.4 Å². The summed E-state index contributed by atoms with van der Waals surface area (Å²) in [5.74, 6) is 0.0778. The van der Waals surface area contributed by atoms with Gasteiger partial charge in [-0.25, -0.2) is 4.39 Å². The van der Waals surface area contributed by atoms with Crippen LogP contribution in [0.15, 0.2) is 66.2 Å². The maximum Gasteiger partial charge on any atom is 0.291 e. The van der Waals surface area contributed by atoms with E-state index in [1.165, 1.54) is 28.2 Å². The van der Waals surface area contributed by atoms with E-state index in [-0.39, 0.29) is 11.7 Å². The third-order valence-corrected chi connectivity index (χ3v) is 4.65. The Bertz CT molecular complexity index is 1050. The van der Waals surface area contributed by atoms with Crippen molar-refractivity contribution in [2.75, 3.05) is 5.32 Å². The van der Waals surface area contributed by atoms with Crippen LogP contribution in [0.1, 0.15) is 15.2 Å². The minimum Gasteiger partial charge on any atom is -0.350 e. The fraction of sp³-hybridized carbons (Fsp3) is 0.0526. The number of nitrogens with one attached hydrogen (secondary N) is 1. The van der Waals surface area contributed by atoms with Crippen LogP contribution in [0.25, 0.3) is 11.5 Å². The Morgan fingerprint density at radius 2 is 1.96 bits per heavy atom. The smallest absolute Gasteiger partial charge is 0.291 e. The van der Waals surface area contributed by atoms with Crippen molar-refractivity contribution in [3.63, 3.8) is 0 Å². The van der Waals surface area contributed by atoms with Crippen LogP contribution in [-0.4, -0.2) is 25.7 Å². The molecule has 3 heterocycles. The highest BCUT2D eigenvalue weighted by Gasteiger charge is 2.19. The highest BCUT2D eigenvalue weighted by atomic mass is 32.1. The highest BCUT2D eigenvalue weighted by molar-refractivity contribution is 7.12. The second kappa shape index (κ2) is 7.46. The van der Waals surface area contributed by atoms with Crippen molar-refractivity contribution in [3.05, 3.63) is 82.4 Å². The number of rotatable bonds is 5. The van der Waals surface area contributed by atoms with Crippen LogP contribution in [-0.2, 0) is 6.54 Å². The minimum absolute atomic E-state index is 0.277. The molecule has 0 amide bonds. The van der Waals surface area contributed by atoms with Gasteiger partial charge in [-0.05, 0) is 41.3 Å². The molecule has 0 saturated carbocycles. The molecule has 0 fully saturated rings. The topological polar surface area (TPSA) is 72.7 Å². The summed E-state index contributed by atoms with van der Waals surface area (Å²) in [4.78, 5) is 22.0. The van der Waals surface area contributed by atoms with Crippen LogP contribution in [0.2, 0.25) is 0 Å². The molecule has 8 heteroatoms. The van der Waals surface area contributed by atoms with Crippen molar-refractivity contribution < 1.29 is 9.18 Å². The van der Waals surface area contributed by atoms with Gasteiger partial charge in [0, 0.05) is 12.7 Å². The van der Waals surface area contributed by atoms with Gasteiger partial charge in [0.25, 0.3) is 5.91 Å². The summed E-state index contributed by atoms with van der Waals surface area (Å²) in [5, 5.41) is 9.27. The number of hydrogen-bond acceptors (Lipinski definition) is 6. The molecule has 1 N–H and O–H groups in total. The van der Waals surface area contributed by atoms with Gasteiger partial charge in [0.15, 0.2) is 0 Å². The van der Waals surface area contributed by atoms with Gasteiger partial charge in [-0.3, -0.25) is 9.78 Å². The Balaban J connectivity index is 1.66. The second-order valence-electron chi connectivity index (χ2n) is 5.65. The van der Waals surface area contributed by atoms with E-state index < -0.39 is 0 Å². The van der Waals surface area contributed by atoms with E-state index in [1.54, 1.807) is 42.6 Å². The standard InChI is InChI=1S/C19H14FN5OS/c20-14-8-6-13(7-9-14)12-22-19-23-17(15-4-1-2-10-21-15)24-25(19)18(26)16-5-3-11-27-16/h1-11H,12H2,(H,22,23,24). The molecule has 4 rings (SSSR count). The van der Waals surface area contributed by atoms with Gasteiger partial charge in [-0.2, -0.15) is 9.67 Å². The number of anilines is 1. The normalized spacial score (nSPS) is 10.7. The Morgan fingerprint density at radius 3 is 2.67 bits per heavy atom. The summed E-state index contributed by atoms with van der Waals surface area (Å²) in [6.45, 7) is 0.373. The van der Waals surface area contributed by atoms with Gasteiger partial charge in [0.1, 0.15) is 11.5 Å². The molecule has 0 bridgehead atoms. The molecule has 0 aliphatic rings. The number of carbonyl (C=O) groups is 1. The average molecular weight is 379 g/mol. The van der Waals surface area contributed by atoms with Crippen LogP contribution >= 0.6 is 11.3 Å². The molecule has 0 atom stereocenters. The Labute approximate surface area is 158 Å². The number of thiophene rings is 1. The Morgan fingerprint density at radius 1 is 1.11 bits per heavy atom. The monoisotopic (exact) mass is 379 g/mol. The molecule has 0 aliphatic carbocycles. The van der Waals surface area contributed by atoms with Crippen LogP contribution in [0.4, 0.5) is 10.3 Å². The van der Waals surface area contributed by atoms with Gasteiger partial charge in [-0.1, -0.05) is 24.3 Å². The van der Waals surface area contributed by atoms with E-state index in [0.29, 0.717) is 28.9 Å². The number of benzene rings is 1. The van der Waals surface area contributed by atoms with Crippen molar-refractivity contribution >= 4 is 23.2 Å². The summed E-state index contributed by atoms with van der Waals surface area (Å²) < 4.78 is 14.3. The largest absolute Gasteiger partial charge is 0.350 e. The van der Waals surface area contributed by atoms with E-state index in [4.69, 9.17) is 0 Å². The molecule has 134 valence electrons. The van der Waals surface area contributed by atoms with Crippen LogP contribution in [0.3, 0.4) is 0 Å². The average Bonchev–Trinajstić information content (AvgIpc) is 3.38. The molecule has 0 spiro atoms. The lowest BCUT2D eigenvalue weighted by Crippen LogP contribution is -2.16. The molecule has 0 radical (unpaired) electrons. The van der Waals surface area contributed by atoms with Gasteiger partial charge in [0.05, 0.1) is 4.88 Å². The predicted molar refractivity (Wildman–Crippen MR) is 101 cm³/mol. The maximum atomic E-state index is 13.1. The first-order valence-electron chi connectivity index (χ1n) is 8.16. The van der Waals surface area contributed by atoms with Gasteiger partial charge in [0.2, 0.25) is 11.8 Å². The summed E-state index contributed by atoms with van der Waals surface area (Å²) in [7, 11) is 0. The lowest BCUT2D eigenvalue weighted by molar-refractivity contribution is 0.0951. The summed E-state index contributed by atoms with van der Waals surface area (Å²) >= 11 is 1.33. The highest BCUT2D eigenvalue weighted by Crippen LogP contribution is 2.19. The molecule has 0 saturated heterocycles. The van der Waals surface area contributed by atoms with Crippen molar-refractivity contribution in [1.29, 1.82) is 0 Å². The zero-order valence-corrected chi connectivity index (χ0v) is 14.9. The molecule has 4 aromatic rings. The van der Waals surface area contributed by atoms with Gasteiger partial charge >= 0.3 is 0 Å². The number of carbonyl (C=O) groups excluding carboxylic acids is 1. The van der Waals surface area contributed by atoms with Crippen molar-refractivity contribution in [1.82, 2.24) is 19.7 Å². The van der Waals surface area contributed by atoms with E-state index in [1.807, 2.05) is 11.4 Å². The van der Waals surface area contributed by atoms with Crippen molar-refractivity contribution in [3.8, 4) is 11.5 Å². The van der Waals surface area contributed by atoms with Crippen LogP contribution in [0, 0.1) is 5.82 Å². The molecule has 1 aromatic carbocycles. The zero-order valence-electron chi connectivity index (χ0n) is 14.0.